The van der Waals surface area contributed by atoms with Crippen LogP contribution in [-0.4, -0.2) is 16.1 Å². The molecule has 0 spiro atoms. The molecule has 0 fully saturated rings. The summed E-state index contributed by atoms with van der Waals surface area (Å²) in [5, 5.41) is 9.40. The van der Waals surface area contributed by atoms with E-state index in [1.165, 1.54) is 23.5 Å². The van der Waals surface area contributed by atoms with Crippen LogP contribution >= 0.6 is 23.3 Å². The van der Waals surface area contributed by atoms with Crippen LogP contribution in [0.5, 0.6) is 0 Å². The number of nitrogens with zero attached hydrogens (tertiary/aromatic N) is 1. The zero-order valence-corrected chi connectivity index (χ0v) is 13.9. The minimum atomic E-state index is -1.54. The maximum atomic E-state index is 13.9. The Balaban J connectivity index is 1.73. The molecule has 0 aliphatic heterocycles. The number of hydrogen-bond acceptors (Lipinski definition) is 5. The van der Waals surface area contributed by atoms with Crippen molar-refractivity contribution >= 4 is 34.9 Å². The molecule has 0 aliphatic rings. The Bertz CT molecular complexity index is 930. The number of carbonyl (C=O) groups is 1. The van der Waals surface area contributed by atoms with Gasteiger partial charge in [0.1, 0.15) is 15.0 Å². The second kappa shape index (κ2) is 7.16. The number of nitrogens with one attached hydrogen (secondary N) is 1. The quantitative estimate of drug-likeness (QED) is 0.605. The summed E-state index contributed by atoms with van der Waals surface area (Å²) in [7, 11) is 0. The lowest BCUT2D eigenvalue weighted by atomic mass is 10.2. The van der Waals surface area contributed by atoms with E-state index in [1.807, 2.05) is 0 Å². The Labute approximate surface area is 148 Å². The molecule has 9 heteroatoms. The minimum absolute atomic E-state index is 0.177. The number of aromatic carboxylic acids is 1. The van der Waals surface area contributed by atoms with Gasteiger partial charge in [0.05, 0.1) is 17.4 Å². The van der Waals surface area contributed by atoms with Crippen LogP contribution < -0.4 is 4.72 Å². The third-order valence-electron chi connectivity index (χ3n) is 3.15. The van der Waals surface area contributed by atoms with Crippen molar-refractivity contribution < 1.29 is 23.1 Å². The van der Waals surface area contributed by atoms with Gasteiger partial charge in [0.25, 0.3) is 0 Å². The first kappa shape index (κ1) is 17.3. The summed E-state index contributed by atoms with van der Waals surface area (Å²) in [6, 6.07) is 7.97. The fourth-order valence-corrected chi connectivity index (χ4v) is 3.59. The van der Waals surface area contributed by atoms with E-state index in [4.69, 9.17) is 5.11 Å². The van der Waals surface area contributed by atoms with Crippen molar-refractivity contribution in [2.45, 2.75) is 4.21 Å². The molecule has 2 aromatic carbocycles. The van der Waals surface area contributed by atoms with Gasteiger partial charge in [-0.05, 0) is 48.3 Å². The van der Waals surface area contributed by atoms with Crippen LogP contribution in [0.1, 0.15) is 10.4 Å². The Morgan fingerprint density at radius 2 is 1.80 bits per heavy atom. The van der Waals surface area contributed by atoms with Crippen LogP contribution in [0.3, 0.4) is 0 Å². The Morgan fingerprint density at radius 3 is 2.48 bits per heavy atom. The lowest BCUT2D eigenvalue weighted by Gasteiger charge is -2.07. The van der Waals surface area contributed by atoms with Gasteiger partial charge in [-0.15, -0.1) is 11.3 Å². The highest BCUT2D eigenvalue weighted by Crippen LogP contribution is 2.33. The van der Waals surface area contributed by atoms with Crippen molar-refractivity contribution in [1.82, 2.24) is 4.98 Å². The van der Waals surface area contributed by atoms with Crippen LogP contribution in [0.25, 0.3) is 10.6 Å². The third kappa shape index (κ3) is 3.77. The third-order valence-corrected chi connectivity index (χ3v) is 5.12. The topological polar surface area (TPSA) is 62.2 Å². The predicted octanol–water partition coefficient (Wildman–Crippen LogP) is 5.04. The smallest absolute Gasteiger partial charge is 0.338 e. The van der Waals surface area contributed by atoms with E-state index in [1.54, 1.807) is 18.3 Å². The van der Waals surface area contributed by atoms with Crippen LogP contribution in [0.15, 0.2) is 46.8 Å². The number of carboxylic acid groups (broad SMARTS) is 1. The van der Waals surface area contributed by atoms with E-state index in [2.05, 4.69) is 9.71 Å². The number of halogens is 3. The lowest BCUT2D eigenvalue weighted by molar-refractivity contribution is 0.0690. The molecule has 2 N–H and O–H groups in total. The fraction of sp³-hybridized carbons (Fsp3) is 0. The summed E-state index contributed by atoms with van der Waals surface area (Å²) in [5.74, 6) is -4.58. The van der Waals surface area contributed by atoms with Crippen molar-refractivity contribution in [3.05, 3.63) is 65.6 Å². The summed E-state index contributed by atoms with van der Waals surface area (Å²) in [6.07, 6.45) is 1.54. The van der Waals surface area contributed by atoms with Gasteiger partial charge in [-0.2, -0.15) is 0 Å². The number of carboxylic acids is 1. The molecule has 25 heavy (non-hydrogen) atoms. The molecule has 0 amide bonds. The number of aromatic nitrogens is 1. The number of thiazole rings is 1. The van der Waals surface area contributed by atoms with E-state index in [9.17, 15) is 18.0 Å². The molecule has 1 aromatic heterocycles. The predicted molar refractivity (Wildman–Crippen MR) is 90.3 cm³/mol. The van der Waals surface area contributed by atoms with Gasteiger partial charge in [0.15, 0.2) is 11.6 Å². The van der Waals surface area contributed by atoms with Gasteiger partial charge in [-0.1, -0.05) is 0 Å². The average molecular weight is 382 g/mol. The van der Waals surface area contributed by atoms with Gasteiger partial charge in [0.2, 0.25) is 0 Å². The summed E-state index contributed by atoms with van der Waals surface area (Å²) < 4.78 is 43.8. The molecule has 0 bridgehead atoms. The number of benzene rings is 2. The average Bonchev–Trinajstić information content (AvgIpc) is 3.05. The molecular formula is C16H9F3N2O2S2. The highest BCUT2D eigenvalue weighted by atomic mass is 32.2. The van der Waals surface area contributed by atoms with Crippen molar-refractivity contribution in [1.29, 1.82) is 0 Å². The minimum Gasteiger partial charge on any atom is -0.478 e. The Kier molecular flexibility index (Phi) is 4.95. The summed E-state index contributed by atoms with van der Waals surface area (Å²) in [6.45, 7) is 0. The number of hydrogen-bond donors (Lipinski definition) is 2. The molecule has 4 nitrogen and oxygen atoms in total. The van der Waals surface area contributed by atoms with Crippen molar-refractivity contribution in [2.75, 3.05) is 4.72 Å². The lowest BCUT2D eigenvalue weighted by Crippen LogP contribution is -2.04. The zero-order valence-electron chi connectivity index (χ0n) is 12.3. The summed E-state index contributed by atoms with van der Waals surface area (Å²) >= 11 is 2.29. The molecule has 0 aliphatic carbocycles. The Morgan fingerprint density at radius 1 is 1.08 bits per heavy atom. The maximum absolute atomic E-state index is 13.9. The molecule has 3 rings (SSSR count). The van der Waals surface area contributed by atoms with Gasteiger partial charge in [-0.3, -0.25) is 0 Å². The van der Waals surface area contributed by atoms with Crippen molar-refractivity contribution in [3.8, 4) is 10.6 Å². The number of anilines is 1. The maximum Gasteiger partial charge on any atom is 0.338 e. The summed E-state index contributed by atoms with van der Waals surface area (Å²) in [5.41, 5.74) is -0.171. The Hall–Kier alpha value is -2.52. The molecule has 0 unspecified atom stereocenters. The number of rotatable bonds is 5. The molecule has 0 atom stereocenters. The van der Waals surface area contributed by atoms with E-state index < -0.39 is 23.2 Å². The molecule has 1 heterocycles. The van der Waals surface area contributed by atoms with E-state index in [-0.39, 0.29) is 11.5 Å². The van der Waals surface area contributed by atoms with Gasteiger partial charge in [-0.25, -0.2) is 22.9 Å². The fourth-order valence-electron chi connectivity index (χ4n) is 1.93. The zero-order chi connectivity index (χ0) is 18.0. The van der Waals surface area contributed by atoms with Gasteiger partial charge < -0.3 is 9.83 Å². The molecule has 3 aromatic rings. The molecular weight excluding hydrogens is 373 g/mol. The first-order chi connectivity index (χ1) is 12.0. The van der Waals surface area contributed by atoms with Crippen molar-refractivity contribution in [2.24, 2.45) is 0 Å². The first-order valence-corrected chi connectivity index (χ1v) is 8.45. The largest absolute Gasteiger partial charge is 0.478 e. The monoisotopic (exact) mass is 382 g/mol. The highest BCUT2D eigenvalue weighted by Gasteiger charge is 2.18. The second-order valence-electron chi connectivity index (χ2n) is 4.79. The van der Waals surface area contributed by atoms with E-state index >= 15 is 0 Å². The standard InChI is InChI=1S/C16H9F3N2O2S2/c17-9-3-1-8(2-4-9)15-20-7-12(24-15)25-21-11-6-5-10(16(22)23)13(18)14(11)19/h1-7,21H,(H,22,23). The summed E-state index contributed by atoms with van der Waals surface area (Å²) in [4.78, 5) is 15.0. The first-order valence-electron chi connectivity index (χ1n) is 6.81. The second-order valence-corrected chi connectivity index (χ2v) is 6.93. The van der Waals surface area contributed by atoms with E-state index in [0.29, 0.717) is 9.22 Å². The molecule has 128 valence electrons. The highest BCUT2D eigenvalue weighted by molar-refractivity contribution is 8.02. The van der Waals surface area contributed by atoms with Gasteiger partial charge in [0, 0.05) is 5.56 Å². The van der Waals surface area contributed by atoms with Crippen molar-refractivity contribution in [3.63, 3.8) is 0 Å². The van der Waals surface area contributed by atoms with Crippen LogP contribution in [0.2, 0.25) is 0 Å². The molecule has 0 saturated heterocycles. The molecule has 0 radical (unpaired) electrons. The van der Waals surface area contributed by atoms with E-state index in [0.717, 1.165) is 29.6 Å². The van der Waals surface area contributed by atoms with Crippen LogP contribution in [0, 0.1) is 17.5 Å². The SMILES string of the molecule is O=C(O)c1ccc(NSc2cnc(-c3ccc(F)cc3)s2)c(F)c1F. The van der Waals surface area contributed by atoms with Crippen LogP contribution in [0.4, 0.5) is 18.9 Å². The van der Waals surface area contributed by atoms with Gasteiger partial charge >= 0.3 is 5.97 Å². The van der Waals surface area contributed by atoms with Crippen LogP contribution in [-0.2, 0) is 0 Å². The normalized spacial score (nSPS) is 10.7. The molecule has 0 saturated carbocycles.